The third-order valence-corrected chi connectivity index (χ3v) is 11.7. The molecule has 0 unspecified atom stereocenters. The first-order valence-electron chi connectivity index (χ1n) is 16.1. The first kappa shape index (κ1) is 48.8. The third-order valence-electron chi connectivity index (χ3n) is 8.08. The van der Waals surface area contributed by atoms with Crippen LogP contribution in [-0.2, 0) is 40.5 Å². The van der Waals surface area contributed by atoms with Crippen molar-refractivity contribution in [3.8, 4) is 0 Å². The summed E-state index contributed by atoms with van der Waals surface area (Å²) in [6.45, 7) is 0. The van der Waals surface area contributed by atoms with E-state index in [-0.39, 0.29) is 80.4 Å². The quantitative estimate of drug-likeness (QED) is 0.142. The van der Waals surface area contributed by atoms with Crippen LogP contribution in [-0.4, -0.2) is 113 Å². The summed E-state index contributed by atoms with van der Waals surface area (Å²) in [6.07, 6.45) is 0. The van der Waals surface area contributed by atoms with Crippen molar-refractivity contribution in [1.82, 2.24) is 0 Å². The fourth-order valence-electron chi connectivity index (χ4n) is 5.65. The minimum atomic E-state index is -4.38. The molecule has 8 rings (SSSR count). The molecule has 0 saturated heterocycles. The maximum absolute atomic E-state index is 10.9. The Hall–Kier alpha value is -3.53. The molecule has 8 aromatic rings. The van der Waals surface area contributed by atoms with Gasteiger partial charge >= 0.3 is 60.8 Å². The summed E-state index contributed by atoms with van der Waals surface area (Å²) in [5.74, 6) is 0. The van der Waals surface area contributed by atoms with Gasteiger partial charge in [0.05, 0.1) is 19.6 Å². The molecule has 58 heavy (non-hydrogen) atoms. The van der Waals surface area contributed by atoms with Gasteiger partial charge in [-0.2, -0.15) is 0 Å². The topological polar surface area (TPSA) is 229 Å². The second kappa shape index (κ2) is 20.6. The van der Waals surface area contributed by atoms with Crippen molar-refractivity contribution in [2.45, 2.75) is 19.6 Å². The molecule has 288 valence electrons. The van der Waals surface area contributed by atoms with Crippen molar-refractivity contribution < 1.29 is 51.9 Å². The monoisotopic (exact) mass is 892 g/mol. The molecule has 0 heterocycles. The van der Waals surface area contributed by atoms with Gasteiger partial charge < -0.3 is 18.2 Å². The average molecular weight is 893 g/mol. The van der Waals surface area contributed by atoms with E-state index in [0.29, 0.717) is 21.5 Å². The van der Waals surface area contributed by atoms with Crippen LogP contribution in [0.1, 0.15) is 0 Å². The second-order valence-electron chi connectivity index (χ2n) is 11.7. The van der Waals surface area contributed by atoms with Crippen molar-refractivity contribution in [3.63, 3.8) is 0 Å². The van der Waals surface area contributed by atoms with Gasteiger partial charge in [0, 0.05) is 0 Å². The van der Waals surface area contributed by atoms with Crippen LogP contribution in [0.5, 0.6) is 0 Å². The van der Waals surface area contributed by atoms with Gasteiger partial charge in [-0.05, 0) is 67.4 Å². The molecule has 12 nitrogen and oxygen atoms in total. The zero-order valence-corrected chi connectivity index (χ0v) is 37.0. The maximum atomic E-state index is 10.9. The normalized spacial score (nSPS) is 11.4. The van der Waals surface area contributed by atoms with Gasteiger partial charge in [-0.1, -0.05) is 146 Å². The summed E-state index contributed by atoms with van der Waals surface area (Å²) in [5, 5.41) is 4.92. The minimum Gasteiger partial charge on any atom is -0.744 e. The van der Waals surface area contributed by atoms with Crippen LogP contribution in [0.3, 0.4) is 0 Å². The summed E-state index contributed by atoms with van der Waals surface area (Å²) >= 11 is 0. The molecule has 0 aliphatic carbocycles. The van der Waals surface area contributed by atoms with Crippen LogP contribution in [0.15, 0.2) is 189 Å². The van der Waals surface area contributed by atoms with Crippen LogP contribution in [0.4, 0.5) is 0 Å². The van der Waals surface area contributed by atoms with Gasteiger partial charge in [0.1, 0.15) is 40.5 Å². The third kappa shape index (κ3) is 12.7. The van der Waals surface area contributed by atoms with Crippen molar-refractivity contribution >= 4 is 144 Å². The summed E-state index contributed by atoms with van der Waals surface area (Å²) in [7, 11) is -17.5. The number of benzene rings is 8. The molecular weight excluding hydrogens is 865 g/mol. The molecule has 0 amide bonds. The summed E-state index contributed by atoms with van der Waals surface area (Å²) in [4.78, 5) is -0.627. The van der Waals surface area contributed by atoms with E-state index in [2.05, 4.69) is 0 Å². The first-order chi connectivity index (χ1) is 26.4. The molecule has 0 saturated carbocycles. The van der Waals surface area contributed by atoms with Crippen molar-refractivity contribution in [2.75, 3.05) is 0 Å². The maximum Gasteiger partial charge on any atom is 2.00 e. The Morgan fingerprint density at radius 1 is 0.259 bits per heavy atom. The van der Waals surface area contributed by atoms with Gasteiger partial charge in [0.25, 0.3) is 0 Å². The van der Waals surface area contributed by atoms with Crippen LogP contribution in [0, 0.1) is 0 Å². The molecule has 0 bridgehead atoms. The van der Waals surface area contributed by atoms with Crippen LogP contribution in [0.25, 0.3) is 43.1 Å². The molecule has 0 aromatic heterocycles. The number of rotatable bonds is 4. The van der Waals surface area contributed by atoms with Crippen LogP contribution >= 0.6 is 0 Å². The molecule has 0 radical (unpaired) electrons. The summed E-state index contributed by atoms with van der Waals surface area (Å²) in [5.41, 5.74) is 0. The molecule has 0 aliphatic rings. The predicted molar refractivity (Wildman–Crippen MR) is 219 cm³/mol. The number of fused-ring (bicyclic) bond motifs is 4. The van der Waals surface area contributed by atoms with E-state index < -0.39 is 40.5 Å². The fourth-order valence-corrected chi connectivity index (χ4v) is 8.46. The van der Waals surface area contributed by atoms with E-state index in [4.69, 9.17) is 0 Å². The van der Waals surface area contributed by atoms with E-state index in [1.807, 2.05) is 0 Å². The number of hydrogen-bond donors (Lipinski definition) is 0. The van der Waals surface area contributed by atoms with Crippen LogP contribution < -0.4 is 0 Å². The Bertz CT molecular complexity index is 2710. The van der Waals surface area contributed by atoms with Gasteiger partial charge in [0.2, 0.25) is 0 Å². The van der Waals surface area contributed by atoms with E-state index in [0.717, 1.165) is 21.5 Å². The van der Waals surface area contributed by atoms with Crippen molar-refractivity contribution in [1.29, 1.82) is 0 Å². The standard InChI is InChI=1S/4C10H8O3S.Ca.Mg/c4*11-14(12,13)10-7-3-5-8-4-1-2-6-9(8)10;;/h4*1-7H,(H,11,12,13);;/q;;;;2*+2/p-4. The van der Waals surface area contributed by atoms with E-state index in [1.54, 1.807) is 146 Å². The molecule has 8 aromatic carbocycles. The van der Waals surface area contributed by atoms with Crippen molar-refractivity contribution in [2.24, 2.45) is 0 Å². The smallest absolute Gasteiger partial charge is 0.744 e. The Labute approximate surface area is 381 Å². The molecule has 0 atom stereocenters. The fraction of sp³-hybridized carbons (Fsp3) is 0. The van der Waals surface area contributed by atoms with E-state index >= 15 is 0 Å². The Kier molecular flexibility index (Phi) is 17.4. The largest absolute Gasteiger partial charge is 2.00 e. The summed E-state index contributed by atoms with van der Waals surface area (Å²) in [6, 6.07) is 46.2. The first-order valence-corrected chi connectivity index (χ1v) is 21.7. The minimum absolute atomic E-state index is 0. The zero-order valence-electron chi connectivity index (χ0n) is 30.1. The Morgan fingerprint density at radius 3 is 0.586 bits per heavy atom. The average Bonchev–Trinajstić information content (AvgIpc) is 3.16. The Morgan fingerprint density at radius 2 is 0.414 bits per heavy atom. The SMILES string of the molecule is O=S(=O)([O-])c1cccc2ccccc12.O=S(=O)([O-])c1cccc2ccccc12.O=S(=O)([O-])c1cccc2ccccc12.O=S(=O)([O-])c1cccc2ccccc12.[Ca+2].[Mg+2]. The van der Waals surface area contributed by atoms with Crippen LogP contribution in [0.2, 0.25) is 0 Å². The molecule has 0 N–H and O–H groups in total. The molecule has 0 spiro atoms. The van der Waals surface area contributed by atoms with Gasteiger partial charge in [-0.15, -0.1) is 0 Å². The molecule has 0 fully saturated rings. The molecular formula is C40H28CaMgO12S4. The van der Waals surface area contributed by atoms with E-state index in [1.165, 1.54) is 24.3 Å². The summed E-state index contributed by atoms with van der Waals surface area (Å²) < 4.78 is 131. The van der Waals surface area contributed by atoms with Gasteiger partial charge in [-0.25, -0.2) is 33.7 Å². The predicted octanol–water partition coefficient (Wildman–Crippen LogP) is 6.21. The van der Waals surface area contributed by atoms with Crippen molar-refractivity contribution in [3.05, 3.63) is 170 Å². The van der Waals surface area contributed by atoms with Gasteiger partial charge in [0.15, 0.2) is 0 Å². The van der Waals surface area contributed by atoms with E-state index in [9.17, 15) is 51.9 Å². The van der Waals surface area contributed by atoms with Gasteiger partial charge in [-0.3, -0.25) is 0 Å². The molecule has 0 aliphatic heterocycles. The second-order valence-corrected chi connectivity index (χ2v) is 17.1. The molecule has 18 heteroatoms. The number of hydrogen-bond acceptors (Lipinski definition) is 12. The Balaban J connectivity index is 0.000000205. The zero-order chi connectivity index (χ0) is 40.7.